The van der Waals surface area contributed by atoms with Crippen LogP contribution in [0.2, 0.25) is 0 Å². The van der Waals surface area contributed by atoms with E-state index in [0.717, 1.165) is 62.9 Å². The van der Waals surface area contributed by atoms with Gasteiger partial charge in [0, 0.05) is 19.1 Å². The number of amides is 1. The van der Waals surface area contributed by atoms with E-state index < -0.39 is 0 Å². The van der Waals surface area contributed by atoms with Crippen molar-refractivity contribution in [3.63, 3.8) is 0 Å². The summed E-state index contributed by atoms with van der Waals surface area (Å²) in [5.74, 6) is 3.14. The minimum absolute atomic E-state index is 0.157. The van der Waals surface area contributed by atoms with E-state index in [1.807, 2.05) is 25.1 Å². The average molecular weight is 423 g/mol. The van der Waals surface area contributed by atoms with E-state index in [4.69, 9.17) is 9.47 Å². The van der Waals surface area contributed by atoms with E-state index in [-0.39, 0.29) is 12.7 Å². The monoisotopic (exact) mass is 422 g/mol. The molecule has 1 N–H and O–H groups in total. The van der Waals surface area contributed by atoms with Crippen molar-refractivity contribution in [2.75, 3.05) is 18.7 Å². The summed E-state index contributed by atoms with van der Waals surface area (Å²) in [7, 11) is 0. The number of hydrogen-bond donors (Lipinski definition) is 1. The Morgan fingerprint density at radius 1 is 1.27 bits per heavy atom. The number of aryl methyl sites for hydroxylation is 1. The van der Waals surface area contributed by atoms with Gasteiger partial charge in [0.2, 0.25) is 6.79 Å². The van der Waals surface area contributed by atoms with E-state index in [1.165, 1.54) is 17.8 Å². The van der Waals surface area contributed by atoms with Gasteiger partial charge in [0.15, 0.2) is 11.5 Å². The number of nitrogens with one attached hydrogen (secondary N) is 1. The molecule has 3 aliphatic rings. The van der Waals surface area contributed by atoms with E-state index in [9.17, 15) is 4.79 Å². The summed E-state index contributed by atoms with van der Waals surface area (Å²) in [4.78, 5) is 25.9. The summed E-state index contributed by atoms with van der Waals surface area (Å²) in [6.45, 7) is 3.77. The van der Waals surface area contributed by atoms with Gasteiger partial charge >= 0.3 is 0 Å². The number of carbonyl (C=O) groups is 1. The molecule has 1 saturated heterocycles. The standard InChI is InChI=1S/C22H22N4O3S/c1-12-18-20(23-8-13-3-5-16-17(7-13)29-11-28-16)24-10-25-21(18)30-19(12)22(27)26-9-14-2-4-15(26)6-14/h3,5,7,10,14-15H,2,4,6,8-9,11H2,1H3,(H,23,24,25)/t14-,15-/m0/s1. The molecule has 2 atom stereocenters. The van der Waals surface area contributed by atoms with Crippen molar-refractivity contribution in [2.24, 2.45) is 5.92 Å². The molecule has 0 radical (unpaired) electrons. The van der Waals surface area contributed by atoms with Crippen LogP contribution in [0.4, 0.5) is 5.82 Å². The van der Waals surface area contributed by atoms with Gasteiger partial charge in [-0.25, -0.2) is 9.97 Å². The summed E-state index contributed by atoms with van der Waals surface area (Å²) in [5, 5.41) is 4.36. The number of likely N-dealkylation sites (tertiary alicyclic amines) is 1. The fourth-order valence-electron chi connectivity index (χ4n) is 4.95. The van der Waals surface area contributed by atoms with Crippen molar-refractivity contribution < 1.29 is 14.3 Å². The molecular weight excluding hydrogens is 400 g/mol. The smallest absolute Gasteiger partial charge is 0.264 e. The lowest BCUT2D eigenvalue weighted by Crippen LogP contribution is -2.37. The quantitative estimate of drug-likeness (QED) is 0.686. The molecule has 2 aliphatic heterocycles. The molecule has 30 heavy (non-hydrogen) atoms. The normalized spacial score (nSPS) is 21.6. The Morgan fingerprint density at radius 3 is 3.00 bits per heavy atom. The first-order chi connectivity index (χ1) is 14.7. The van der Waals surface area contributed by atoms with Crippen LogP contribution in [-0.4, -0.2) is 40.2 Å². The van der Waals surface area contributed by atoms with Crippen molar-refractivity contribution in [3.8, 4) is 11.5 Å². The Kier molecular flexibility index (Phi) is 4.09. The van der Waals surface area contributed by atoms with Crippen molar-refractivity contribution in [2.45, 2.75) is 38.8 Å². The fraction of sp³-hybridized carbons (Fsp3) is 0.409. The predicted octanol–water partition coefficient (Wildman–Crippen LogP) is 3.97. The summed E-state index contributed by atoms with van der Waals surface area (Å²) in [5.41, 5.74) is 2.04. The summed E-state index contributed by atoms with van der Waals surface area (Å²) in [6, 6.07) is 6.33. The van der Waals surface area contributed by atoms with Crippen molar-refractivity contribution in [3.05, 3.63) is 40.5 Å². The Bertz CT molecular complexity index is 1160. The highest BCUT2D eigenvalue weighted by molar-refractivity contribution is 7.20. The van der Waals surface area contributed by atoms with Crippen LogP contribution in [-0.2, 0) is 6.54 Å². The molecule has 2 bridgehead atoms. The lowest BCUT2D eigenvalue weighted by atomic mass is 10.1. The van der Waals surface area contributed by atoms with Gasteiger partial charge in [0.05, 0.1) is 10.3 Å². The van der Waals surface area contributed by atoms with Gasteiger partial charge in [-0.05, 0) is 55.4 Å². The second kappa shape index (κ2) is 6.84. The largest absolute Gasteiger partial charge is 0.454 e. The van der Waals surface area contributed by atoms with Gasteiger partial charge in [-0.3, -0.25) is 4.79 Å². The summed E-state index contributed by atoms with van der Waals surface area (Å²) >= 11 is 1.48. The molecule has 1 aromatic carbocycles. The minimum atomic E-state index is 0.157. The SMILES string of the molecule is Cc1c(C(=O)N2C[C@H]3CC[C@H]2C3)sc2ncnc(NCc3ccc4c(c3)OCO4)c12. The molecule has 6 rings (SSSR count). The summed E-state index contributed by atoms with van der Waals surface area (Å²) in [6.07, 6.45) is 5.13. The Labute approximate surface area is 178 Å². The first-order valence-electron chi connectivity index (χ1n) is 10.3. The first kappa shape index (κ1) is 17.9. The molecule has 1 aliphatic carbocycles. The van der Waals surface area contributed by atoms with E-state index in [1.54, 1.807) is 6.33 Å². The second-order valence-corrected chi connectivity index (χ2v) is 9.29. The maximum Gasteiger partial charge on any atom is 0.264 e. The van der Waals surface area contributed by atoms with E-state index in [2.05, 4.69) is 20.2 Å². The maximum atomic E-state index is 13.3. The number of carbonyl (C=O) groups excluding carboxylic acids is 1. The van der Waals surface area contributed by atoms with Gasteiger partial charge < -0.3 is 19.7 Å². The number of anilines is 1. The van der Waals surface area contributed by atoms with Gasteiger partial charge in [0.25, 0.3) is 5.91 Å². The highest BCUT2D eigenvalue weighted by Crippen LogP contribution is 2.41. The molecule has 3 aromatic rings. The number of aromatic nitrogens is 2. The van der Waals surface area contributed by atoms with Crippen LogP contribution < -0.4 is 14.8 Å². The fourth-order valence-corrected chi connectivity index (χ4v) is 6.05. The zero-order valence-electron chi connectivity index (χ0n) is 16.7. The highest BCUT2D eigenvalue weighted by atomic mass is 32.1. The number of ether oxygens (including phenoxy) is 2. The average Bonchev–Trinajstić information content (AvgIpc) is 3.55. The molecule has 154 valence electrons. The molecule has 1 saturated carbocycles. The predicted molar refractivity (Wildman–Crippen MR) is 114 cm³/mol. The third-order valence-electron chi connectivity index (χ3n) is 6.49. The van der Waals surface area contributed by atoms with Crippen molar-refractivity contribution >= 4 is 33.3 Å². The van der Waals surface area contributed by atoms with Crippen LogP contribution in [0.1, 0.15) is 40.1 Å². The van der Waals surface area contributed by atoms with Crippen LogP contribution in [0.25, 0.3) is 10.2 Å². The van der Waals surface area contributed by atoms with Crippen molar-refractivity contribution in [1.82, 2.24) is 14.9 Å². The Hall–Kier alpha value is -2.87. The Morgan fingerprint density at radius 2 is 2.17 bits per heavy atom. The first-order valence-corrected chi connectivity index (χ1v) is 11.2. The third kappa shape index (κ3) is 2.81. The number of benzene rings is 1. The number of fused-ring (bicyclic) bond motifs is 4. The zero-order valence-corrected chi connectivity index (χ0v) is 17.5. The zero-order chi connectivity index (χ0) is 20.2. The molecule has 7 nitrogen and oxygen atoms in total. The highest BCUT2D eigenvalue weighted by Gasteiger charge is 2.41. The lowest BCUT2D eigenvalue weighted by molar-refractivity contribution is 0.0708. The molecule has 2 aromatic heterocycles. The third-order valence-corrected chi connectivity index (χ3v) is 7.68. The Balaban J connectivity index is 1.28. The number of thiophene rings is 1. The van der Waals surface area contributed by atoms with Crippen LogP contribution >= 0.6 is 11.3 Å². The van der Waals surface area contributed by atoms with Crippen molar-refractivity contribution in [1.29, 1.82) is 0 Å². The number of nitrogens with zero attached hydrogens (tertiary/aromatic N) is 3. The number of piperidine rings is 1. The van der Waals surface area contributed by atoms with Crippen LogP contribution in [0.3, 0.4) is 0 Å². The van der Waals surface area contributed by atoms with Crippen LogP contribution in [0, 0.1) is 12.8 Å². The van der Waals surface area contributed by atoms with Gasteiger partial charge in [-0.2, -0.15) is 0 Å². The van der Waals surface area contributed by atoms with Gasteiger partial charge in [0.1, 0.15) is 17.0 Å². The van der Waals surface area contributed by atoms with Crippen LogP contribution in [0.15, 0.2) is 24.5 Å². The molecule has 4 heterocycles. The minimum Gasteiger partial charge on any atom is -0.454 e. The van der Waals surface area contributed by atoms with Crippen LogP contribution in [0.5, 0.6) is 11.5 Å². The van der Waals surface area contributed by atoms with E-state index in [0.29, 0.717) is 18.5 Å². The molecule has 1 amide bonds. The van der Waals surface area contributed by atoms with Gasteiger partial charge in [-0.1, -0.05) is 6.07 Å². The number of rotatable bonds is 4. The number of hydrogen-bond acceptors (Lipinski definition) is 7. The molecule has 0 unspecified atom stereocenters. The topological polar surface area (TPSA) is 76.6 Å². The van der Waals surface area contributed by atoms with E-state index >= 15 is 0 Å². The van der Waals surface area contributed by atoms with Gasteiger partial charge in [-0.15, -0.1) is 11.3 Å². The molecular formula is C22H22N4O3S. The lowest BCUT2D eigenvalue weighted by Gasteiger charge is -2.26. The maximum absolute atomic E-state index is 13.3. The molecule has 0 spiro atoms. The second-order valence-electron chi connectivity index (χ2n) is 8.29. The summed E-state index contributed by atoms with van der Waals surface area (Å²) < 4.78 is 10.8. The molecule has 8 heteroatoms. The molecule has 2 fully saturated rings.